The Labute approximate surface area is 107 Å². The third kappa shape index (κ3) is 3.04. The van der Waals surface area contributed by atoms with Crippen molar-refractivity contribution in [2.24, 2.45) is 5.92 Å². The minimum Gasteiger partial charge on any atom is -0.393 e. The molecule has 4 heteroatoms. The fourth-order valence-corrected chi connectivity index (χ4v) is 2.21. The van der Waals surface area contributed by atoms with E-state index in [9.17, 15) is 9.59 Å². The minimum atomic E-state index is -0.397. The van der Waals surface area contributed by atoms with Gasteiger partial charge in [0.05, 0.1) is 0 Å². The lowest BCUT2D eigenvalue weighted by molar-refractivity contribution is -0.165. The molecule has 0 N–H and O–H groups in total. The Morgan fingerprint density at radius 2 is 1.69 bits per heavy atom. The van der Waals surface area contributed by atoms with Crippen molar-refractivity contribution in [2.45, 2.75) is 19.3 Å². The first-order valence-electron chi connectivity index (χ1n) is 5.11. The van der Waals surface area contributed by atoms with Gasteiger partial charge in [-0.3, -0.25) is 9.59 Å². The van der Waals surface area contributed by atoms with Gasteiger partial charge in [0.2, 0.25) is 0 Å². The zero-order chi connectivity index (χ0) is 11.5. The van der Waals surface area contributed by atoms with Crippen LogP contribution in [0.25, 0.3) is 0 Å². The number of esters is 2. The van der Waals surface area contributed by atoms with Gasteiger partial charge in [0, 0.05) is 16.4 Å². The second kappa shape index (κ2) is 4.95. The minimum absolute atomic E-state index is 0.0915. The normalized spacial score (nSPS) is 17.3. The molecule has 0 aliphatic carbocycles. The Bertz CT molecular complexity index is 395. The van der Waals surface area contributed by atoms with Gasteiger partial charge in [-0.15, -0.1) is 0 Å². The molecule has 0 bridgehead atoms. The van der Waals surface area contributed by atoms with Crippen molar-refractivity contribution in [3.8, 4) is 0 Å². The maximum atomic E-state index is 11.1. The average molecular weight is 330 g/mol. The second-order valence-electron chi connectivity index (χ2n) is 3.95. The van der Waals surface area contributed by atoms with Crippen molar-refractivity contribution in [1.82, 2.24) is 0 Å². The largest absolute Gasteiger partial charge is 0.393 e. The lowest BCUT2D eigenvalue weighted by atomic mass is 9.92. The van der Waals surface area contributed by atoms with Gasteiger partial charge in [0.1, 0.15) is 0 Å². The Morgan fingerprint density at radius 1 is 1.12 bits per heavy atom. The second-order valence-corrected chi connectivity index (χ2v) is 5.20. The van der Waals surface area contributed by atoms with E-state index in [1.54, 1.807) is 0 Å². The van der Waals surface area contributed by atoms with Gasteiger partial charge in [-0.1, -0.05) is 12.1 Å². The number of carbonyl (C=O) groups is 2. The molecule has 1 fully saturated rings. The SMILES string of the molecule is O=C1CC(Cc2ccc(I)cc2)CC(=O)O1. The Balaban J connectivity index is 2.01. The number of rotatable bonds is 2. The summed E-state index contributed by atoms with van der Waals surface area (Å²) in [5.74, 6) is -0.702. The number of benzene rings is 1. The van der Waals surface area contributed by atoms with Gasteiger partial charge < -0.3 is 4.74 Å². The summed E-state index contributed by atoms with van der Waals surface area (Å²) >= 11 is 2.25. The number of hydrogen-bond acceptors (Lipinski definition) is 3. The van der Waals surface area contributed by atoms with Crippen LogP contribution in [0, 0.1) is 9.49 Å². The van der Waals surface area contributed by atoms with E-state index in [0.717, 1.165) is 12.0 Å². The average Bonchev–Trinajstić information content (AvgIpc) is 2.20. The number of halogens is 1. The maximum Gasteiger partial charge on any atom is 0.313 e. The summed E-state index contributed by atoms with van der Waals surface area (Å²) in [5, 5.41) is 0. The Kier molecular flexibility index (Phi) is 3.58. The molecule has 16 heavy (non-hydrogen) atoms. The first-order chi connectivity index (χ1) is 7.63. The highest BCUT2D eigenvalue weighted by Crippen LogP contribution is 2.22. The zero-order valence-corrected chi connectivity index (χ0v) is 10.8. The van der Waals surface area contributed by atoms with Crippen molar-refractivity contribution >= 4 is 34.5 Å². The van der Waals surface area contributed by atoms with Gasteiger partial charge in [0.15, 0.2) is 0 Å². The van der Waals surface area contributed by atoms with E-state index >= 15 is 0 Å². The van der Waals surface area contributed by atoms with Crippen LogP contribution in [0.4, 0.5) is 0 Å². The van der Waals surface area contributed by atoms with Crippen molar-refractivity contribution in [3.63, 3.8) is 0 Å². The number of carbonyl (C=O) groups excluding carboxylic acids is 2. The highest BCUT2D eigenvalue weighted by molar-refractivity contribution is 14.1. The molecule has 84 valence electrons. The summed E-state index contributed by atoms with van der Waals surface area (Å²) in [6.07, 6.45) is 1.45. The van der Waals surface area contributed by atoms with Crippen LogP contribution in [0.5, 0.6) is 0 Å². The summed E-state index contributed by atoms with van der Waals surface area (Å²) < 4.78 is 5.68. The number of cyclic esters (lactones) is 2. The topological polar surface area (TPSA) is 43.4 Å². The van der Waals surface area contributed by atoms with Gasteiger partial charge in [0.25, 0.3) is 0 Å². The van der Waals surface area contributed by atoms with E-state index in [4.69, 9.17) is 0 Å². The molecule has 0 saturated carbocycles. The van der Waals surface area contributed by atoms with E-state index < -0.39 is 11.9 Å². The molecule has 1 aromatic rings. The molecule has 1 aromatic carbocycles. The molecule has 1 heterocycles. The highest BCUT2D eigenvalue weighted by Gasteiger charge is 2.26. The maximum absolute atomic E-state index is 11.1. The first kappa shape index (κ1) is 11.6. The Morgan fingerprint density at radius 3 is 2.25 bits per heavy atom. The summed E-state index contributed by atoms with van der Waals surface area (Å²) in [5.41, 5.74) is 1.16. The van der Waals surface area contributed by atoms with Crippen molar-refractivity contribution < 1.29 is 14.3 Å². The summed E-state index contributed by atoms with van der Waals surface area (Å²) in [6.45, 7) is 0. The molecule has 0 atom stereocenters. The molecule has 1 aliphatic rings. The van der Waals surface area contributed by atoms with Gasteiger partial charge in [-0.2, -0.15) is 0 Å². The zero-order valence-electron chi connectivity index (χ0n) is 8.61. The van der Waals surface area contributed by atoms with E-state index in [0.29, 0.717) is 12.8 Å². The van der Waals surface area contributed by atoms with Crippen molar-refractivity contribution in [1.29, 1.82) is 0 Å². The molecule has 2 rings (SSSR count). The Hall–Kier alpha value is -0.910. The fraction of sp³-hybridized carbons (Fsp3) is 0.333. The third-order valence-corrected chi connectivity index (χ3v) is 3.30. The van der Waals surface area contributed by atoms with E-state index in [-0.39, 0.29) is 5.92 Å². The summed E-state index contributed by atoms with van der Waals surface area (Å²) in [4.78, 5) is 22.2. The fourth-order valence-electron chi connectivity index (χ4n) is 1.85. The van der Waals surface area contributed by atoms with Crippen LogP contribution in [0.1, 0.15) is 18.4 Å². The molecule has 3 nitrogen and oxygen atoms in total. The molecule has 0 spiro atoms. The van der Waals surface area contributed by atoms with Crippen molar-refractivity contribution in [2.75, 3.05) is 0 Å². The van der Waals surface area contributed by atoms with Gasteiger partial charge in [-0.05, 0) is 52.6 Å². The first-order valence-corrected chi connectivity index (χ1v) is 6.19. The van der Waals surface area contributed by atoms with Crippen LogP contribution in [0.15, 0.2) is 24.3 Å². The van der Waals surface area contributed by atoms with Crippen molar-refractivity contribution in [3.05, 3.63) is 33.4 Å². The quantitative estimate of drug-likeness (QED) is 0.475. The lowest BCUT2D eigenvalue weighted by Gasteiger charge is -2.19. The molecular weight excluding hydrogens is 319 g/mol. The van der Waals surface area contributed by atoms with Crippen LogP contribution in [0.3, 0.4) is 0 Å². The van der Waals surface area contributed by atoms with E-state index in [2.05, 4.69) is 27.3 Å². The molecule has 0 amide bonds. The summed E-state index contributed by atoms with van der Waals surface area (Å²) in [6, 6.07) is 8.12. The number of ether oxygens (including phenoxy) is 1. The summed E-state index contributed by atoms with van der Waals surface area (Å²) in [7, 11) is 0. The van der Waals surface area contributed by atoms with Crippen LogP contribution in [0.2, 0.25) is 0 Å². The van der Waals surface area contributed by atoms with Crippen LogP contribution < -0.4 is 0 Å². The van der Waals surface area contributed by atoms with Crippen LogP contribution in [-0.4, -0.2) is 11.9 Å². The highest BCUT2D eigenvalue weighted by atomic mass is 127. The van der Waals surface area contributed by atoms with Crippen LogP contribution in [-0.2, 0) is 20.7 Å². The molecule has 0 unspecified atom stereocenters. The standard InChI is InChI=1S/C12H11IO3/c13-10-3-1-8(2-4-10)5-9-6-11(14)16-12(15)7-9/h1-4,9H,5-7H2. The number of hydrogen-bond donors (Lipinski definition) is 0. The molecule has 0 radical (unpaired) electrons. The molecule has 1 aliphatic heterocycles. The third-order valence-electron chi connectivity index (χ3n) is 2.58. The van der Waals surface area contributed by atoms with Gasteiger partial charge >= 0.3 is 11.9 Å². The predicted molar refractivity (Wildman–Crippen MR) is 66.7 cm³/mol. The van der Waals surface area contributed by atoms with E-state index in [1.165, 1.54) is 3.57 Å². The van der Waals surface area contributed by atoms with Crippen LogP contribution >= 0.6 is 22.6 Å². The van der Waals surface area contributed by atoms with E-state index in [1.807, 2.05) is 24.3 Å². The molecule has 1 saturated heterocycles. The molecule has 0 aromatic heterocycles. The van der Waals surface area contributed by atoms with Gasteiger partial charge in [-0.25, -0.2) is 0 Å². The smallest absolute Gasteiger partial charge is 0.313 e. The predicted octanol–water partition coefficient (Wildman–Crippen LogP) is 2.31. The lowest BCUT2D eigenvalue weighted by Crippen LogP contribution is -2.26. The monoisotopic (exact) mass is 330 g/mol. The molecular formula is C12H11IO3.